The first-order chi connectivity index (χ1) is 19.7. The molecule has 1 unspecified atom stereocenters. The number of nitrogens with zero attached hydrogens (tertiary/aromatic N) is 1. The van der Waals surface area contributed by atoms with Crippen LogP contribution in [0.5, 0.6) is 0 Å². The molecule has 1 aliphatic carbocycles. The highest BCUT2D eigenvalue weighted by molar-refractivity contribution is 5.72. The smallest absolute Gasteiger partial charge is 0.141 e. The zero-order valence-corrected chi connectivity index (χ0v) is 26.4. The molecule has 0 radical (unpaired) electrons. The fraction of sp³-hybridized carbons (Fsp3) is 0.500. The topological polar surface area (TPSA) is 47.5 Å². The summed E-state index contributed by atoms with van der Waals surface area (Å²) in [5.74, 6) is 1.36. The molecule has 4 rings (SSSR count). The number of rotatable bonds is 11. The van der Waals surface area contributed by atoms with E-state index in [1.165, 1.54) is 30.4 Å². The molecule has 1 saturated carbocycles. The predicted octanol–water partition coefficient (Wildman–Crippen LogP) is 10.5. The molecule has 0 amide bonds. The van der Waals surface area contributed by atoms with Gasteiger partial charge in [0.15, 0.2) is 0 Å². The molecule has 224 valence electrons. The molecule has 5 heteroatoms. The van der Waals surface area contributed by atoms with E-state index in [-0.39, 0.29) is 5.92 Å². The van der Waals surface area contributed by atoms with Crippen LogP contribution in [0.1, 0.15) is 104 Å². The third kappa shape index (κ3) is 8.18. The monoisotopic (exact) mass is 561 g/mol. The lowest BCUT2D eigenvalue weighted by atomic mass is 9.79. The number of nitrogens with one attached hydrogen (secondary N) is 2. The van der Waals surface area contributed by atoms with Gasteiger partial charge in [0.05, 0.1) is 0 Å². The first-order valence-corrected chi connectivity index (χ1v) is 15.7. The highest BCUT2D eigenvalue weighted by Crippen LogP contribution is 2.38. The van der Waals surface area contributed by atoms with Crippen LogP contribution in [0.4, 0.5) is 15.8 Å². The Morgan fingerprint density at radius 3 is 2.41 bits per heavy atom. The molecule has 2 aromatic rings. The maximum Gasteiger partial charge on any atom is 0.141 e. The van der Waals surface area contributed by atoms with Crippen LogP contribution in [-0.4, -0.2) is 16.6 Å². The van der Waals surface area contributed by atoms with Gasteiger partial charge in [-0.3, -0.25) is 0 Å². The quantitative estimate of drug-likeness (QED) is 0.189. The van der Waals surface area contributed by atoms with Crippen LogP contribution in [0.15, 0.2) is 72.4 Å². The van der Waals surface area contributed by atoms with E-state index in [4.69, 9.17) is 0 Å². The number of hydrogen-bond donors (Lipinski definition) is 3. The molecule has 1 atom stereocenters. The van der Waals surface area contributed by atoms with Crippen LogP contribution in [0.2, 0.25) is 0 Å². The Balaban J connectivity index is 0.00000226. The Bertz CT molecular complexity index is 1210. The standard InChI is InChI=1S/C34H46FN3O.C2H6/c1-6-9-30(36-31-17-14-27-22-38(18-7-2)33(23-39)37-32(27)21-31)20-28(19-25-10-8-11-25)26-12-15-29(16-13-26)34(5,35)24(3)4;1-2/h9,12-17,20-21,23-25,36-37,39H,6-8,10-11,18-19,22H2,1-5H3;1-2H3/b28-20+,30-9-,33-23?;. The number of hydrogen-bond acceptors (Lipinski definition) is 4. The minimum Gasteiger partial charge on any atom is -0.512 e. The van der Waals surface area contributed by atoms with Crippen LogP contribution >= 0.6 is 0 Å². The number of allylic oxidation sites excluding steroid dienone is 3. The van der Waals surface area contributed by atoms with E-state index in [0.717, 1.165) is 72.6 Å². The van der Waals surface area contributed by atoms with Crippen molar-refractivity contribution >= 4 is 16.9 Å². The van der Waals surface area contributed by atoms with Gasteiger partial charge >= 0.3 is 0 Å². The normalized spacial score (nSPS) is 18.2. The molecule has 4 nitrogen and oxygen atoms in total. The van der Waals surface area contributed by atoms with Crippen molar-refractivity contribution in [1.29, 1.82) is 0 Å². The van der Waals surface area contributed by atoms with Crippen LogP contribution in [0.3, 0.4) is 0 Å². The van der Waals surface area contributed by atoms with E-state index in [2.05, 4.69) is 71.9 Å². The molecule has 0 saturated heterocycles. The fourth-order valence-electron chi connectivity index (χ4n) is 5.33. The van der Waals surface area contributed by atoms with Crippen molar-refractivity contribution < 1.29 is 9.50 Å². The third-order valence-corrected chi connectivity index (χ3v) is 8.37. The molecule has 3 N–H and O–H groups in total. The van der Waals surface area contributed by atoms with Crippen molar-refractivity contribution in [3.05, 3.63) is 89.1 Å². The molecule has 1 heterocycles. The number of aliphatic hydroxyl groups excluding tert-OH is 1. The first kappa shape index (κ1) is 32.3. The van der Waals surface area contributed by atoms with Gasteiger partial charge in [0.25, 0.3) is 0 Å². The van der Waals surface area contributed by atoms with E-state index < -0.39 is 5.67 Å². The van der Waals surface area contributed by atoms with E-state index in [9.17, 15) is 5.11 Å². The number of halogens is 1. The summed E-state index contributed by atoms with van der Waals surface area (Å²) in [6, 6.07) is 14.5. The lowest BCUT2D eigenvalue weighted by Gasteiger charge is -2.33. The van der Waals surface area contributed by atoms with Crippen molar-refractivity contribution in [2.45, 2.75) is 99.2 Å². The lowest BCUT2D eigenvalue weighted by molar-refractivity contribution is 0.123. The molecule has 2 aromatic carbocycles. The van der Waals surface area contributed by atoms with Gasteiger partial charge in [-0.25, -0.2) is 4.39 Å². The Kier molecular flexibility index (Phi) is 11.9. The zero-order chi connectivity index (χ0) is 30.0. The van der Waals surface area contributed by atoms with Crippen molar-refractivity contribution in [3.8, 4) is 0 Å². The van der Waals surface area contributed by atoms with E-state index in [1.54, 1.807) is 6.92 Å². The molecule has 1 aliphatic heterocycles. The first-order valence-electron chi connectivity index (χ1n) is 15.7. The number of benzene rings is 2. The fourth-order valence-corrected chi connectivity index (χ4v) is 5.33. The maximum atomic E-state index is 15.3. The average molecular weight is 562 g/mol. The second kappa shape index (κ2) is 15.1. The van der Waals surface area contributed by atoms with Crippen LogP contribution in [0, 0.1) is 11.8 Å². The summed E-state index contributed by atoms with van der Waals surface area (Å²) in [6.07, 6.45) is 12.5. The van der Waals surface area contributed by atoms with Gasteiger partial charge < -0.3 is 20.6 Å². The predicted molar refractivity (Wildman–Crippen MR) is 174 cm³/mol. The summed E-state index contributed by atoms with van der Waals surface area (Å²) in [5.41, 5.74) is 6.14. The molecule has 2 aliphatic rings. The SMILES string of the molecule is CC.CC/C=C(/C=C(\CC1CCC1)c1ccc(C(C)(F)C(C)C)cc1)Nc1ccc2c(c1)NC(=CO)N(CCC)C2. The highest BCUT2D eigenvalue weighted by Gasteiger charge is 2.30. The molecular weight excluding hydrogens is 509 g/mol. The Morgan fingerprint density at radius 1 is 1.15 bits per heavy atom. The third-order valence-electron chi connectivity index (χ3n) is 8.37. The van der Waals surface area contributed by atoms with Gasteiger partial charge in [0.2, 0.25) is 0 Å². The van der Waals surface area contributed by atoms with E-state index in [1.807, 2.05) is 39.8 Å². The van der Waals surface area contributed by atoms with Crippen LogP contribution in [-0.2, 0) is 12.2 Å². The van der Waals surface area contributed by atoms with Gasteiger partial charge in [0.1, 0.15) is 17.8 Å². The number of fused-ring (bicyclic) bond motifs is 1. The average Bonchev–Trinajstić information content (AvgIpc) is 2.95. The van der Waals surface area contributed by atoms with Gasteiger partial charge in [-0.1, -0.05) is 97.2 Å². The summed E-state index contributed by atoms with van der Waals surface area (Å²) < 4.78 is 15.3. The zero-order valence-electron chi connectivity index (χ0n) is 26.4. The summed E-state index contributed by atoms with van der Waals surface area (Å²) in [7, 11) is 0. The van der Waals surface area contributed by atoms with Crippen molar-refractivity contribution in [2.75, 3.05) is 17.2 Å². The van der Waals surface area contributed by atoms with Crippen molar-refractivity contribution in [3.63, 3.8) is 0 Å². The maximum absolute atomic E-state index is 15.3. The Hall–Kier alpha value is -3.21. The molecule has 41 heavy (non-hydrogen) atoms. The number of aliphatic hydroxyl groups is 1. The molecule has 1 fully saturated rings. The molecular formula is C36H52FN3O. The number of alkyl halides is 1. The summed E-state index contributed by atoms with van der Waals surface area (Å²) >= 11 is 0. The summed E-state index contributed by atoms with van der Waals surface area (Å²) in [4.78, 5) is 2.16. The lowest BCUT2D eigenvalue weighted by Crippen LogP contribution is -2.32. The largest absolute Gasteiger partial charge is 0.512 e. The second-order valence-electron chi connectivity index (χ2n) is 11.6. The van der Waals surface area contributed by atoms with Crippen LogP contribution in [0.25, 0.3) is 5.57 Å². The number of anilines is 2. The van der Waals surface area contributed by atoms with E-state index >= 15 is 4.39 Å². The van der Waals surface area contributed by atoms with Crippen molar-refractivity contribution in [1.82, 2.24) is 4.90 Å². The highest BCUT2D eigenvalue weighted by atomic mass is 19.1. The molecule has 0 aromatic heterocycles. The van der Waals surface area contributed by atoms with Crippen molar-refractivity contribution in [2.24, 2.45) is 11.8 Å². The minimum atomic E-state index is -1.34. The van der Waals surface area contributed by atoms with Gasteiger partial charge in [-0.15, -0.1) is 0 Å². The van der Waals surface area contributed by atoms with Gasteiger partial charge in [-0.2, -0.15) is 0 Å². The minimum absolute atomic E-state index is 0.0820. The van der Waals surface area contributed by atoms with E-state index in [0.29, 0.717) is 5.92 Å². The molecule has 0 spiro atoms. The van der Waals surface area contributed by atoms with Crippen LogP contribution < -0.4 is 10.6 Å². The summed E-state index contributed by atoms with van der Waals surface area (Å²) in [5, 5.41) is 16.8. The Morgan fingerprint density at radius 2 is 1.85 bits per heavy atom. The second-order valence-corrected chi connectivity index (χ2v) is 11.6. The Labute approximate surface area is 248 Å². The van der Waals surface area contributed by atoms with Gasteiger partial charge in [0, 0.05) is 30.2 Å². The molecule has 0 bridgehead atoms. The van der Waals surface area contributed by atoms with Gasteiger partial charge in [-0.05, 0) is 78.5 Å². The summed E-state index contributed by atoms with van der Waals surface area (Å²) in [6.45, 7) is 15.5.